The van der Waals surface area contributed by atoms with Gasteiger partial charge in [0, 0.05) is 13.0 Å². The lowest BCUT2D eigenvalue weighted by atomic mass is 10.1. The standard InChI is InChI=1S/C17H34N2O2/c1-3-4-5-10-13-17(21)18-16-19(2)14-11-8-6-7-9-12-15-20/h5,10,20H,3-4,6-9,11-16H2,1-2H3,(H,18,21)/b10-5+. The second kappa shape index (κ2) is 15.5. The van der Waals surface area contributed by atoms with Gasteiger partial charge in [-0.05, 0) is 32.9 Å². The molecule has 0 bridgehead atoms. The summed E-state index contributed by atoms with van der Waals surface area (Å²) >= 11 is 0. The van der Waals surface area contributed by atoms with Crippen molar-refractivity contribution >= 4 is 5.91 Å². The van der Waals surface area contributed by atoms with Gasteiger partial charge in [0.2, 0.25) is 5.91 Å². The summed E-state index contributed by atoms with van der Waals surface area (Å²) < 4.78 is 0. The molecule has 0 atom stereocenters. The number of rotatable bonds is 14. The zero-order chi connectivity index (χ0) is 15.8. The van der Waals surface area contributed by atoms with Crippen molar-refractivity contribution in [2.24, 2.45) is 0 Å². The van der Waals surface area contributed by atoms with E-state index in [1.54, 1.807) is 0 Å². The molecular formula is C17H34N2O2. The van der Waals surface area contributed by atoms with Crippen molar-refractivity contribution in [3.63, 3.8) is 0 Å². The van der Waals surface area contributed by atoms with Crippen LogP contribution in [0.3, 0.4) is 0 Å². The van der Waals surface area contributed by atoms with Crippen molar-refractivity contribution in [2.45, 2.75) is 64.7 Å². The Labute approximate surface area is 130 Å². The highest BCUT2D eigenvalue weighted by Gasteiger charge is 2.01. The van der Waals surface area contributed by atoms with Crippen LogP contribution in [0.15, 0.2) is 12.2 Å². The van der Waals surface area contributed by atoms with Crippen LogP contribution in [-0.4, -0.2) is 42.8 Å². The molecule has 0 aromatic carbocycles. The van der Waals surface area contributed by atoms with Gasteiger partial charge in [0.15, 0.2) is 0 Å². The van der Waals surface area contributed by atoms with E-state index in [1.165, 1.54) is 25.7 Å². The average Bonchev–Trinajstić information content (AvgIpc) is 2.48. The molecule has 124 valence electrons. The number of unbranched alkanes of at least 4 members (excludes halogenated alkanes) is 6. The maximum absolute atomic E-state index is 11.6. The lowest BCUT2D eigenvalue weighted by Crippen LogP contribution is -2.35. The summed E-state index contributed by atoms with van der Waals surface area (Å²) in [6.45, 7) is 4.10. The van der Waals surface area contributed by atoms with E-state index in [0.29, 0.717) is 19.7 Å². The lowest BCUT2D eigenvalue weighted by molar-refractivity contribution is -0.120. The minimum Gasteiger partial charge on any atom is -0.396 e. The van der Waals surface area contributed by atoms with Gasteiger partial charge in [0.1, 0.15) is 0 Å². The molecule has 1 amide bonds. The number of nitrogens with one attached hydrogen (secondary N) is 1. The Kier molecular flexibility index (Phi) is 14.9. The zero-order valence-electron chi connectivity index (χ0n) is 13.9. The number of allylic oxidation sites excluding steroid dienone is 1. The minimum atomic E-state index is 0.0956. The first-order chi connectivity index (χ1) is 10.2. The molecule has 4 nitrogen and oxygen atoms in total. The van der Waals surface area contributed by atoms with Crippen LogP contribution < -0.4 is 5.32 Å². The van der Waals surface area contributed by atoms with Crippen molar-refractivity contribution in [1.82, 2.24) is 10.2 Å². The van der Waals surface area contributed by atoms with E-state index in [-0.39, 0.29) is 5.91 Å². The molecule has 0 saturated heterocycles. The molecule has 0 radical (unpaired) electrons. The van der Waals surface area contributed by atoms with E-state index in [1.807, 2.05) is 13.1 Å². The molecule has 0 aromatic rings. The Morgan fingerprint density at radius 2 is 1.76 bits per heavy atom. The molecule has 0 aliphatic carbocycles. The number of carbonyl (C=O) groups is 1. The van der Waals surface area contributed by atoms with E-state index < -0.39 is 0 Å². The second-order valence-electron chi connectivity index (χ2n) is 5.65. The first-order valence-corrected chi connectivity index (χ1v) is 8.41. The third-order valence-electron chi connectivity index (χ3n) is 3.42. The fraction of sp³-hybridized carbons (Fsp3) is 0.824. The SMILES string of the molecule is CCC/C=C/CC(=O)NCN(C)CCCCCCCCO. The van der Waals surface area contributed by atoms with Gasteiger partial charge < -0.3 is 10.4 Å². The predicted molar refractivity (Wildman–Crippen MR) is 89.1 cm³/mol. The van der Waals surface area contributed by atoms with E-state index in [2.05, 4.69) is 23.2 Å². The first-order valence-electron chi connectivity index (χ1n) is 8.41. The van der Waals surface area contributed by atoms with Crippen LogP contribution >= 0.6 is 0 Å². The third kappa shape index (κ3) is 15.3. The van der Waals surface area contributed by atoms with Gasteiger partial charge in [0.05, 0.1) is 6.67 Å². The van der Waals surface area contributed by atoms with Crippen molar-refractivity contribution < 1.29 is 9.90 Å². The monoisotopic (exact) mass is 298 g/mol. The summed E-state index contributed by atoms with van der Waals surface area (Å²) in [7, 11) is 2.04. The highest BCUT2D eigenvalue weighted by Crippen LogP contribution is 2.05. The van der Waals surface area contributed by atoms with Crippen LogP contribution in [-0.2, 0) is 4.79 Å². The van der Waals surface area contributed by atoms with Crippen molar-refractivity contribution in [3.05, 3.63) is 12.2 Å². The van der Waals surface area contributed by atoms with Crippen LogP contribution in [0.1, 0.15) is 64.7 Å². The number of amides is 1. The molecule has 0 spiro atoms. The van der Waals surface area contributed by atoms with Crippen LogP contribution in [0.5, 0.6) is 0 Å². The van der Waals surface area contributed by atoms with E-state index >= 15 is 0 Å². The number of aliphatic hydroxyl groups is 1. The molecule has 0 aromatic heterocycles. The maximum atomic E-state index is 11.6. The highest BCUT2D eigenvalue weighted by atomic mass is 16.2. The summed E-state index contributed by atoms with van der Waals surface area (Å²) in [6.07, 6.45) is 13.6. The average molecular weight is 298 g/mol. The van der Waals surface area contributed by atoms with Gasteiger partial charge in [-0.25, -0.2) is 0 Å². The molecule has 21 heavy (non-hydrogen) atoms. The number of carbonyl (C=O) groups excluding carboxylic acids is 1. The number of hydrogen-bond acceptors (Lipinski definition) is 3. The molecule has 0 rings (SSSR count). The van der Waals surface area contributed by atoms with E-state index in [4.69, 9.17) is 5.11 Å². The third-order valence-corrected chi connectivity index (χ3v) is 3.42. The fourth-order valence-corrected chi connectivity index (χ4v) is 2.05. The second-order valence-corrected chi connectivity index (χ2v) is 5.65. The molecular weight excluding hydrogens is 264 g/mol. The minimum absolute atomic E-state index is 0.0956. The lowest BCUT2D eigenvalue weighted by Gasteiger charge is -2.16. The molecule has 0 fully saturated rings. The molecule has 0 aliphatic heterocycles. The van der Waals surface area contributed by atoms with Gasteiger partial charge >= 0.3 is 0 Å². The Morgan fingerprint density at radius 1 is 1.10 bits per heavy atom. The maximum Gasteiger partial charge on any atom is 0.224 e. The van der Waals surface area contributed by atoms with Crippen molar-refractivity contribution in [2.75, 3.05) is 26.9 Å². The van der Waals surface area contributed by atoms with Crippen LogP contribution in [0.25, 0.3) is 0 Å². The summed E-state index contributed by atoms with van der Waals surface area (Å²) in [6, 6.07) is 0. The molecule has 2 N–H and O–H groups in total. The Balaban J connectivity index is 3.40. The Morgan fingerprint density at radius 3 is 2.43 bits per heavy atom. The molecule has 0 unspecified atom stereocenters. The topological polar surface area (TPSA) is 52.6 Å². The van der Waals surface area contributed by atoms with Gasteiger partial charge in [-0.1, -0.05) is 51.2 Å². The molecule has 4 heteroatoms. The molecule has 0 heterocycles. The fourth-order valence-electron chi connectivity index (χ4n) is 2.05. The van der Waals surface area contributed by atoms with Crippen LogP contribution in [0.4, 0.5) is 0 Å². The number of aliphatic hydroxyl groups excluding tert-OH is 1. The summed E-state index contributed by atoms with van der Waals surface area (Å²) in [5.41, 5.74) is 0. The first kappa shape index (κ1) is 20.1. The normalized spacial score (nSPS) is 11.4. The van der Waals surface area contributed by atoms with Crippen molar-refractivity contribution in [3.8, 4) is 0 Å². The van der Waals surface area contributed by atoms with Crippen molar-refractivity contribution in [1.29, 1.82) is 0 Å². The summed E-state index contributed by atoms with van der Waals surface area (Å²) in [5.74, 6) is 0.0956. The quantitative estimate of drug-likeness (QED) is 0.294. The van der Waals surface area contributed by atoms with E-state index in [0.717, 1.165) is 32.2 Å². The molecule has 0 saturated carbocycles. The van der Waals surface area contributed by atoms with Gasteiger partial charge in [-0.2, -0.15) is 0 Å². The van der Waals surface area contributed by atoms with Gasteiger partial charge in [-0.15, -0.1) is 0 Å². The number of hydrogen-bond donors (Lipinski definition) is 2. The molecule has 0 aliphatic rings. The zero-order valence-corrected chi connectivity index (χ0v) is 13.9. The Bertz CT molecular complexity index is 268. The van der Waals surface area contributed by atoms with Crippen LogP contribution in [0.2, 0.25) is 0 Å². The largest absolute Gasteiger partial charge is 0.396 e. The summed E-state index contributed by atoms with van der Waals surface area (Å²) in [4.78, 5) is 13.7. The number of nitrogens with zero attached hydrogens (tertiary/aromatic N) is 1. The van der Waals surface area contributed by atoms with Crippen LogP contribution in [0, 0.1) is 0 Å². The summed E-state index contributed by atoms with van der Waals surface area (Å²) in [5, 5.41) is 11.6. The van der Waals surface area contributed by atoms with Gasteiger partial charge in [-0.3, -0.25) is 9.69 Å². The smallest absolute Gasteiger partial charge is 0.224 e. The Hall–Kier alpha value is -0.870. The highest BCUT2D eigenvalue weighted by molar-refractivity contribution is 5.77. The van der Waals surface area contributed by atoms with E-state index in [9.17, 15) is 4.79 Å². The van der Waals surface area contributed by atoms with Gasteiger partial charge in [0.25, 0.3) is 0 Å². The predicted octanol–water partition coefficient (Wildman–Crippen LogP) is 3.07.